The first-order valence-corrected chi connectivity index (χ1v) is 7.75. The van der Waals surface area contributed by atoms with Crippen molar-refractivity contribution in [3.63, 3.8) is 0 Å². The van der Waals surface area contributed by atoms with Gasteiger partial charge in [0.25, 0.3) is 11.8 Å². The molecule has 0 spiro atoms. The Morgan fingerprint density at radius 3 is 2.74 bits per heavy atom. The van der Waals surface area contributed by atoms with Crippen LogP contribution in [0.2, 0.25) is 0 Å². The van der Waals surface area contributed by atoms with Gasteiger partial charge < -0.3 is 20.6 Å². The van der Waals surface area contributed by atoms with Gasteiger partial charge in [0.1, 0.15) is 5.60 Å². The minimum absolute atomic E-state index is 0.0109. The molecule has 0 radical (unpaired) electrons. The van der Waals surface area contributed by atoms with E-state index in [9.17, 15) is 14.7 Å². The van der Waals surface area contributed by atoms with Crippen molar-refractivity contribution in [2.24, 2.45) is 5.73 Å². The number of aliphatic hydroxyl groups is 1. The summed E-state index contributed by atoms with van der Waals surface area (Å²) in [5.41, 5.74) is 4.10. The summed E-state index contributed by atoms with van der Waals surface area (Å²) in [5, 5.41) is 12.9. The monoisotopic (exact) mass is 336 g/mol. The molecule has 9 heteroatoms. The number of nitrogens with one attached hydrogen (secondary N) is 1. The molecule has 3 rings (SSSR count). The van der Waals surface area contributed by atoms with Crippen molar-refractivity contribution < 1.29 is 19.1 Å². The van der Waals surface area contributed by atoms with Crippen LogP contribution in [0.25, 0.3) is 0 Å². The van der Waals surface area contributed by atoms with Crippen molar-refractivity contribution in [1.29, 1.82) is 0 Å². The molecule has 0 unspecified atom stereocenters. The second-order valence-electron chi connectivity index (χ2n) is 5.56. The summed E-state index contributed by atoms with van der Waals surface area (Å²) in [4.78, 5) is 26.0. The Morgan fingerprint density at radius 2 is 2.13 bits per heavy atom. The number of nitrogens with zero attached hydrogens (tertiary/aromatic N) is 2. The highest BCUT2D eigenvalue weighted by Crippen LogP contribution is 2.23. The Balaban J connectivity index is 1.46. The van der Waals surface area contributed by atoms with Gasteiger partial charge in [0.15, 0.2) is 11.5 Å². The van der Waals surface area contributed by atoms with Crippen molar-refractivity contribution in [1.82, 2.24) is 14.6 Å². The molecular formula is C14H16N4O4S. The SMILES string of the molecule is NC(=O)c1ccc(C(=O)NCC2(O)CN(Cc3ccns3)C2)o1. The largest absolute Gasteiger partial charge is 0.446 e. The number of rotatable bonds is 6. The van der Waals surface area contributed by atoms with Gasteiger partial charge >= 0.3 is 0 Å². The number of hydrogen-bond acceptors (Lipinski definition) is 7. The van der Waals surface area contributed by atoms with Crippen molar-refractivity contribution in [2.75, 3.05) is 19.6 Å². The molecule has 2 amide bonds. The van der Waals surface area contributed by atoms with E-state index in [-0.39, 0.29) is 18.1 Å². The second kappa shape index (κ2) is 6.11. The number of carbonyl (C=O) groups excluding carboxylic acids is 2. The van der Waals surface area contributed by atoms with Gasteiger partial charge in [-0.05, 0) is 29.7 Å². The van der Waals surface area contributed by atoms with E-state index in [0.717, 1.165) is 11.4 Å². The van der Waals surface area contributed by atoms with Crippen molar-refractivity contribution in [3.8, 4) is 0 Å². The van der Waals surface area contributed by atoms with Gasteiger partial charge in [-0.1, -0.05) is 0 Å². The van der Waals surface area contributed by atoms with Gasteiger partial charge in [-0.3, -0.25) is 14.5 Å². The zero-order valence-corrected chi connectivity index (χ0v) is 13.0. The van der Waals surface area contributed by atoms with E-state index in [4.69, 9.17) is 10.2 Å². The first-order chi connectivity index (χ1) is 11.0. The molecule has 0 aliphatic carbocycles. The number of aromatic nitrogens is 1. The lowest BCUT2D eigenvalue weighted by Crippen LogP contribution is -2.65. The van der Waals surface area contributed by atoms with Crippen LogP contribution in [-0.4, -0.2) is 51.4 Å². The molecule has 3 heterocycles. The van der Waals surface area contributed by atoms with Gasteiger partial charge in [0.05, 0.1) is 0 Å². The Bertz CT molecular complexity index is 706. The maximum atomic E-state index is 11.9. The molecule has 23 heavy (non-hydrogen) atoms. The van der Waals surface area contributed by atoms with Crippen LogP contribution >= 0.6 is 11.5 Å². The van der Waals surface area contributed by atoms with E-state index in [1.165, 1.54) is 23.7 Å². The Labute approximate surface area is 136 Å². The number of amides is 2. The van der Waals surface area contributed by atoms with E-state index < -0.39 is 17.4 Å². The highest BCUT2D eigenvalue weighted by atomic mass is 32.1. The molecule has 0 aromatic carbocycles. The van der Waals surface area contributed by atoms with E-state index in [1.807, 2.05) is 6.07 Å². The van der Waals surface area contributed by atoms with Crippen molar-refractivity contribution in [2.45, 2.75) is 12.1 Å². The van der Waals surface area contributed by atoms with Gasteiger partial charge in [-0.2, -0.15) is 0 Å². The highest BCUT2D eigenvalue weighted by molar-refractivity contribution is 7.05. The molecule has 0 atom stereocenters. The quantitative estimate of drug-likeness (QED) is 0.672. The molecular weight excluding hydrogens is 320 g/mol. The number of likely N-dealkylation sites (tertiary alicyclic amines) is 1. The van der Waals surface area contributed by atoms with Crippen LogP contribution in [0.1, 0.15) is 26.0 Å². The maximum Gasteiger partial charge on any atom is 0.287 e. The van der Waals surface area contributed by atoms with E-state index in [2.05, 4.69) is 14.6 Å². The predicted molar refractivity (Wildman–Crippen MR) is 81.9 cm³/mol. The fraction of sp³-hybridized carbons (Fsp3) is 0.357. The number of β-amino-alcohol motifs (C(OH)–C–C–N with tert-alkyl or cyclic N) is 1. The van der Waals surface area contributed by atoms with Crippen LogP contribution in [0.5, 0.6) is 0 Å². The summed E-state index contributed by atoms with van der Waals surface area (Å²) in [6, 6.07) is 4.65. The third kappa shape index (κ3) is 3.58. The second-order valence-corrected chi connectivity index (χ2v) is 6.48. The first-order valence-electron chi connectivity index (χ1n) is 6.97. The normalized spacial score (nSPS) is 16.7. The van der Waals surface area contributed by atoms with Crippen LogP contribution in [0.4, 0.5) is 0 Å². The smallest absolute Gasteiger partial charge is 0.287 e. The molecule has 1 aliphatic rings. The molecule has 122 valence electrons. The Hall–Kier alpha value is -2.23. The number of primary amides is 1. The number of furan rings is 1. The Kier molecular flexibility index (Phi) is 4.16. The van der Waals surface area contributed by atoms with Crippen LogP contribution in [0.3, 0.4) is 0 Å². The fourth-order valence-corrected chi connectivity index (χ4v) is 3.10. The van der Waals surface area contributed by atoms with Gasteiger partial charge in [-0.25, -0.2) is 4.37 Å². The summed E-state index contributed by atoms with van der Waals surface area (Å²) < 4.78 is 9.06. The minimum atomic E-state index is -0.959. The van der Waals surface area contributed by atoms with Gasteiger partial charge in [-0.15, -0.1) is 0 Å². The van der Waals surface area contributed by atoms with Gasteiger partial charge in [0, 0.05) is 37.3 Å². The summed E-state index contributed by atoms with van der Waals surface area (Å²) in [5.74, 6) is -1.32. The molecule has 0 bridgehead atoms. The topological polar surface area (TPSA) is 122 Å². The third-order valence-electron chi connectivity index (χ3n) is 3.56. The molecule has 0 saturated carbocycles. The van der Waals surface area contributed by atoms with Crippen LogP contribution in [0.15, 0.2) is 28.8 Å². The minimum Gasteiger partial charge on any atom is -0.446 e. The predicted octanol–water partition coefficient (Wildman–Crippen LogP) is -0.188. The number of nitrogens with two attached hydrogens (primary N) is 1. The third-order valence-corrected chi connectivity index (χ3v) is 4.28. The highest BCUT2D eigenvalue weighted by Gasteiger charge is 2.41. The average molecular weight is 336 g/mol. The first kappa shape index (κ1) is 15.7. The number of hydrogen-bond donors (Lipinski definition) is 3. The fourth-order valence-electron chi connectivity index (χ4n) is 2.48. The molecule has 2 aromatic heterocycles. The van der Waals surface area contributed by atoms with Crippen LogP contribution in [-0.2, 0) is 6.54 Å². The summed E-state index contributed by atoms with van der Waals surface area (Å²) >= 11 is 1.43. The van der Waals surface area contributed by atoms with E-state index in [1.54, 1.807) is 6.20 Å². The van der Waals surface area contributed by atoms with Crippen LogP contribution in [0, 0.1) is 0 Å². The lowest BCUT2D eigenvalue weighted by atomic mass is 9.94. The maximum absolute atomic E-state index is 11.9. The standard InChI is InChI=1S/C14H16N4O4S/c15-12(19)10-1-2-11(22-10)13(20)16-6-14(21)7-18(8-14)5-9-3-4-17-23-9/h1-4,21H,5-8H2,(H2,15,19)(H,16,20). The molecule has 8 nitrogen and oxygen atoms in total. The van der Waals surface area contributed by atoms with E-state index in [0.29, 0.717) is 13.1 Å². The molecule has 1 aliphatic heterocycles. The van der Waals surface area contributed by atoms with Crippen molar-refractivity contribution in [3.05, 3.63) is 40.8 Å². The summed E-state index contributed by atoms with van der Waals surface area (Å²) in [6.07, 6.45) is 1.75. The van der Waals surface area contributed by atoms with Gasteiger partial charge in [0.2, 0.25) is 0 Å². The summed E-state index contributed by atoms with van der Waals surface area (Å²) in [7, 11) is 0. The number of carbonyl (C=O) groups is 2. The molecule has 1 saturated heterocycles. The zero-order chi connectivity index (χ0) is 16.4. The Morgan fingerprint density at radius 1 is 1.39 bits per heavy atom. The van der Waals surface area contributed by atoms with E-state index >= 15 is 0 Å². The lowest BCUT2D eigenvalue weighted by Gasteiger charge is -2.46. The molecule has 2 aromatic rings. The van der Waals surface area contributed by atoms with Crippen LogP contribution < -0.4 is 11.1 Å². The average Bonchev–Trinajstić information content (AvgIpc) is 3.14. The summed E-state index contributed by atoms with van der Waals surface area (Å²) in [6.45, 7) is 1.78. The molecule has 4 N–H and O–H groups in total. The zero-order valence-electron chi connectivity index (χ0n) is 12.2. The lowest BCUT2D eigenvalue weighted by molar-refractivity contribution is -0.0971. The molecule has 1 fully saturated rings. The van der Waals surface area contributed by atoms with Crippen molar-refractivity contribution >= 4 is 23.3 Å².